The van der Waals surface area contributed by atoms with Crippen molar-refractivity contribution in [2.75, 3.05) is 30.2 Å². The number of rotatable bonds is 4. The van der Waals surface area contributed by atoms with E-state index in [0.717, 1.165) is 18.2 Å². The highest BCUT2D eigenvalue weighted by molar-refractivity contribution is 7.99. The molecular weight excluding hydrogens is 232 g/mol. The van der Waals surface area contributed by atoms with Crippen LogP contribution < -0.4 is 5.32 Å². The van der Waals surface area contributed by atoms with Crippen molar-refractivity contribution in [1.82, 2.24) is 10.2 Å². The van der Waals surface area contributed by atoms with Gasteiger partial charge in [0.15, 0.2) is 0 Å². The van der Waals surface area contributed by atoms with Crippen molar-refractivity contribution in [3.05, 3.63) is 0 Å². The summed E-state index contributed by atoms with van der Waals surface area (Å²) < 4.78 is 0. The summed E-state index contributed by atoms with van der Waals surface area (Å²) in [4.78, 5) is 24.7. The van der Waals surface area contributed by atoms with Gasteiger partial charge in [-0.05, 0) is 6.26 Å². The molecule has 0 aromatic rings. The lowest BCUT2D eigenvalue weighted by molar-refractivity contribution is -0.134. The first-order valence-corrected chi connectivity index (χ1v) is 7.32. The Morgan fingerprint density at radius 1 is 1.60 bits per heavy atom. The number of carbonyl (C=O) groups is 2. The van der Waals surface area contributed by atoms with Gasteiger partial charge in [0.2, 0.25) is 11.8 Å². The molecule has 0 spiro atoms. The summed E-state index contributed by atoms with van der Waals surface area (Å²) in [5, 5.41) is 2.70. The van der Waals surface area contributed by atoms with E-state index in [2.05, 4.69) is 5.32 Å². The van der Waals surface area contributed by atoms with Crippen LogP contribution in [-0.4, -0.2) is 52.9 Å². The van der Waals surface area contributed by atoms with Gasteiger partial charge in [0, 0.05) is 25.0 Å². The standard InChI is InChI=1S/C9H16N2O2S2/c1-7(12)10-8(5-14-2)9(13)11-3-4-15-6-11/h8H,3-6H2,1-2H3,(H,10,12)/t8-/m0/s1. The van der Waals surface area contributed by atoms with Crippen LogP contribution in [0.2, 0.25) is 0 Å². The SMILES string of the molecule is CSC[C@H](NC(C)=O)C(=O)N1CCSC1. The maximum Gasteiger partial charge on any atom is 0.246 e. The van der Waals surface area contributed by atoms with Gasteiger partial charge in [-0.25, -0.2) is 0 Å². The maximum absolute atomic E-state index is 12.0. The monoisotopic (exact) mass is 248 g/mol. The summed E-state index contributed by atoms with van der Waals surface area (Å²) in [5.41, 5.74) is 0. The molecule has 86 valence electrons. The molecule has 6 heteroatoms. The number of hydrogen-bond acceptors (Lipinski definition) is 4. The van der Waals surface area contributed by atoms with Crippen molar-refractivity contribution in [3.8, 4) is 0 Å². The Bertz CT molecular complexity index is 242. The zero-order valence-corrected chi connectivity index (χ0v) is 10.6. The van der Waals surface area contributed by atoms with E-state index >= 15 is 0 Å². The maximum atomic E-state index is 12.0. The fourth-order valence-electron chi connectivity index (χ4n) is 1.39. The Balaban J connectivity index is 2.52. The van der Waals surface area contributed by atoms with Crippen molar-refractivity contribution >= 4 is 35.3 Å². The van der Waals surface area contributed by atoms with Crippen LogP contribution in [0.1, 0.15) is 6.92 Å². The molecule has 15 heavy (non-hydrogen) atoms. The highest BCUT2D eigenvalue weighted by Gasteiger charge is 2.26. The Morgan fingerprint density at radius 3 is 2.80 bits per heavy atom. The summed E-state index contributed by atoms with van der Waals surface area (Å²) in [6, 6.07) is -0.365. The summed E-state index contributed by atoms with van der Waals surface area (Å²) in [5.74, 6) is 2.29. The molecule has 0 radical (unpaired) electrons. The number of nitrogens with one attached hydrogen (secondary N) is 1. The van der Waals surface area contributed by atoms with Crippen LogP contribution in [-0.2, 0) is 9.59 Å². The molecule has 0 saturated carbocycles. The van der Waals surface area contributed by atoms with Gasteiger partial charge >= 0.3 is 0 Å². The minimum atomic E-state index is -0.365. The van der Waals surface area contributed by atoms with Crippen LogP contribution in [0.3, 0.4) is 0 Å². The third kappa shape index (κ3) is 3.95. The van der Waals surface area contributed by atoms with E-state index < -0.39 is 0 Å². The Morgan fingerprint density at radius 2 is 2.33 bits per heavy atom. The highest BCUT2D eigenvalue weighted by atomic mass is 32.2. The molecule has 0 aromatic heterocycles. The van der Waals surface area contributed by atoms with Crippen LogP contribution in [0.25, 0.3) is 0 Å². The minimum absolute atomic E-state index is 0.0459. The van der Waals surface area contributed by atoms with Crippen LogP contribution in [0.5, 0.6) is 0 Å². The zero-order valence-electron chi connectivity index (χ0n) is 8.99. The second-order valence-corrected chi connectivity index (χ2v) is 5.33. The van der Waals surface area contributed by atoms with Gasteiger partial charge in [0.1, 0.15) is 6.04 Å². The first kappa shape index (κ1) is 12.7. The smallest absolute Gasteiger partial charge is 0.246 e. The highest BCUT2D eigenvalue weighted by Crippen LogP contribution is 2.15. The van der Waals surface area contributed by atoms with Crippen LogP contribution in [0.4, 0.5) is 0 Å². The molecule has 1 rings (SSSR count). The second-order valence-electron chi connectivity index (χ2n) is 3.35. The Hall–Kier alpha value is -0.360. The van der Waals surface area contributed by atoms with E-state index in [9.17, 15) is 9.59 Å². The number of thioether (sulfide) groups is 2. The molecule has 1 saturated heterocycles. The topological polar surface area (TPSA) is 49.4 Å². The van der Waals surface area contributed by atoms with Crippen molar-refractivity contribution < 1.29 is 9.59 Å². The number of amides is 2. The van der Waals surface area contributed by atoms with Crippen LogP contribution >= 0.6 is 23.5 Å². The third-order valence-corrected chi connectivity index (χ3v) is 3.71. The van der Waals surface area contributed by atoms with Crippen LogP contribution in [0, 0.1) is 0 Å². The molecule has 0 aromatic carbocycles. The predicted octanol–water partition coefficient (Wildman–Crippen LogP) is 0.387. The lowest BCUT2D eigenvalue weighted by Crippen LogP contribution is -2.48. The second kappa shape index (κ2) is 6.27. The number of hydrogen-bond donors (Lipinski definition) is 1. The average molecular weight is 248 g/mol. The van der Waals surface area contributed by atoms with Gasteiger partial charge < -0.3 is 10.2 Å². The molecule has 1 aliphatic heterocycles. The fraction of sp³-hybridized carbons (Fsp3) is 0.778. The third-order valence-electron chi connectivity index (χ3n) is 2.07. The minimum Gasteiger partial charge on any atom is -0.344 e. The molecule has 0 aliphatic carbocycles. The molecular formula is C9H16N2O2S2. The van der Waals surface area contributed by atoms with Gasteiger partial charge in [-0.3, -0.25) is 9.59 Å². The van der Waals surface area contributed by atoms with E-state index in [1.165, 1.54) is 6.92 Å². The number of carbonyl (C=O) groups excluding carboxylic acids is 2. The molecule has 1 heterocycles. The van der Waals surface area contributed by atoms with Crippen molar-refractivity contribution in [2.45, 2.75) is 13.0 Å². The first-order valence-electron chi connectivity index (χ1n) is 4.77. The predicted molar refractivity (Wildman–Crippen MR) is 65.0 cm³/mol. The molecule has 0 unspecified atom stereocenters. The molecule has 1 atom stereocenters. The molecule has 4 nitrogen and oxygen atoms in total. The van der Waals surface area contributed by atoms with E-state index in [1.807, 2.05) is 11.2 Å². The lowest BCUT2D eigenvalue weighted by atomic mass is 10.3. The summed E-state index contributed by atoms with van der Waals surface area (Å²) in [6.45, 7) is 2.24. The van der Waals surface area contributed by atoms with Gasteiger partial charge in [0.05, 0.1) is 5.88 Å². The Kier molecular flexibility index (Phi) is 5.31. The normalized spacial score (nSPS) is 17.6. The first-order chi connectivity index (χ1) is 7.15. The Labute approximate surface area is 98.5 Å². The zero-order chi connectivity index (χ0) is 11.3. The van der Waals surface area contributed by atoms with Gasteiger partial charge in [-0.15, -0.1) is 11.8 Å². The van der Waals surface area contributed by atoms with E-state index in [1.54, 1.807) is 23.5 Å². The summed E-state index contributed by atoms with van der Waals surface area (Å²) >= 11 is 3.32. The van der Waals surface area contributed by atoms with Crippen LogP contribution in [0.15, 0.2) is 0 Å². The van der Waals surface area contributed by atoms with E-state index in [0.29, 0.717) is 5.75 Å². The van der Waals surface area contributed by atoms with Gasteiger partial charge in [-0.1, -0.05) is 0 Å². The molecule has 2 amide bonds. The molecule has 1 N–H and O–H groups in total. The van der Waals surface area contributed by atoms with Crippen molar-refractivity contribution in [3.63, 3.8) is 0 Å². The van der Waals surface area contributed by atoms with E-state index in [4.69, 9.17) is 0 Å². The van der Waals surface area contributed by atoms with Gasteiger partial charge in [-0.2, -0.15) is 11.8 Å². The quantitative estimate of drug-likeness (QED) is 0.782. The average Bonchev–Trinajstić information content (AvgIpc) is 2.68. The van der Waals surface area contributed by atoms with Crippen molar-refractivity contribution in [2.24, 2.45) is 0 Å². The molecule has 1 fully saturated rings. The van der Waals surface area contributed by atoms with Crippen molar-refractivity contribution in [1.29, 1.82) is 0 Å². The fourth-order valence-corrected chi connectivity index (χ4v) is 2.91. The van der Waals surface area contributed by atoms with E-state index in [-0.39, 0.29) is 17.9 Å². The molecule has 0 bridgehead atoms. The summed E-state index contributed by atoms with van der Waals surface area (Å²) in [7, 11) is 0. The summed E-state index contributed by atoms with van der Waals surface area (Å²) in [6.07, 6.45) is 1.93. The number of nitrogens with zero attached hydrogens (tertiary/aromatic N) is 1. The largest absolute Gasteiger partial charge is 0.344 e. The molecule has 1 aliphatic rings. The van der Waals surface area contributed by atoms with Gasteiger partial charge in [0.25, 0.3) is 0 Å². The lowest BCUT2D eigenvalue weighted by Gasteiger charge is -2.22.